The molecule has 4 aromatic carbocycles. The van der Waals surface area contributed by atoms with Gasteiger partial charge in [-0.15, -0.1) is 11.8 Å². The van der Waals surface area contributed by atoms with E-state index in [2.05, 4.69) is 17.2 Å². The van der Waals surface area contributed by atoms with Gasteiger partial charge < -0.3 is 25.0 Å². The summed E-state index contributed by atoms with van der Waals surface area (Å²) in [4.78, 5) is 29.2. The maximum Gasteiger partial charge on any atom is 0.336 e. The van der Waals surface area contributed by atoms with Crippen molar-refractivity contribution in [2.45, 2.75) is 43.5 Å². The topological polar surface area (TPSA) is 118 Å². The summed E-state index contributed by atoms with van der Waals surface area (Å²) in [5, 5.41) is 22.3. The number of aromatic nitrogens is 1. The summed E-state index contributed by atoms with van der Waals surface area (Å²) in [6.07, 6.45) is 1.98. The smallest absolute Gasteiger partial charge is 0.336 e. The molecule has 0 saturated carbocycles. The lowest BCUT2D eigenvalue weighted by atomic mass is 9.91. The van der Waals surface area contributed by atoms with Crippen LogP contribution in [0.1, 0.15) is 62.3 Å². The van der Waals surface area contributed by atoms with Crippen LogP contribution in [0.5, 0.6) is 0 Å². The molecule has 0 unspecified atom stereocenters. The molecule has 48 heavy (non-hydrogen) atoms. The molecule has 1 fully saturated rings. The van der Waals surface area contributed by atoms with E-state index >= 15 is 0 Å². The minimum atomic E-state index is -0.962. The van der Waals surface area contributed by atoms with E-state index < -0.39 is 12.3 Å². The monoisotopic (exact) mass is 660 g/mol. The Morgan fingerprint density at radius 3 is 2.31 bits per heavy atom. The van der Waals surface area contributed by atoms with E-state index in [9.17, 15) is 19.8 Å². The van der Waals surface area contributed by atoms with Crippen LogP contribution >= 0.6 is 11.8 Å². The number of nitrogens with one attached hydrogen (secondary N) is 1. The first-order chi connectivity index (χ1) is 23.4. The van der Waals surface area contributed by atoms with Crippen molar-refractivity contribution in [3.63, 3.8) is 0 Å². The van der Waals surface area contributed by atoms with Gasteiger partial charge in [0.25, 0.3) is 5.91 Å². The third kappa shape index (κ3) is 7.67. The largest absolute Gasteiger partial charge is 0.478 e. The highest BCUT2D eigenvalue weighted by Gasteiger charge is 2.38. The lowest BCUT2D eigenvalue weighted by Gasteiger charge is -2.41. The summed E-state index contributed by atoms with van der Waals surface area (Å²) < 4.78 is 13.2. The number of carboxylic acids is 1. The number of carboxylic acid groups (broad SMARTS) is 1. The van der Waals surface area contributed by atoms with E-state index in [4.69, 9.17) is 9.47 Å². The van der Waals surface area contributed by atoms with Crippen LogP contribution in [0.15, 0.2) is 126 Å². The van der Waals surface area contributed by atoms with Gasteiger partial charge in [0.15, 0.2) is 6.29 Å². The second kappa shape index (κ2) is 15.4. The van der Waals surface area contributed by atoms with Crippen LogP contribution in [0.3, 0.4) is 0 Å². The molecule has 5 aromatic rings. The Morgan fingerprint density at radius 2 is 1.58 bits per heavy atom. The van der Waals surface area contributed by atoms with Crippen molar-refractivity contribution in [2.24, 2.45) is 5.92 Å². The Bertz CT molecular complexity index is 1850. The number of nitrogens with zero attached hydrogens (tertiary/aromatic N) is 1. The summed E-state index contributed by atoms with van der Waals surface area (Å²) in [5.74, 6) is -0.656. The van der Waals surface area contributed by atoms with Crippen LogP contribution in [-0.4, -0.2) is 38.9 Å². The molecule has 0 spiro atoms. The molecule has 2 heterocycles. The Hall–Kier alpha value is -4.80. The Kier molecular flexibility index (Phi) is 10.6. The zero-order valence-corrected chi connectivity index (χ0v) is 27.2. The fraction of sp³-hybridized carbons (Fsp3) is 0.205. The minimum absolute atomic E-state index is 0.0400. The molecule has 0 aliphatic carbocycles. The summed E-state index contributed by atoms with van der Waals surface area (Å²) in [6.45, 7) is 2.41. The predicted molar refractivity (Wildman–Crippen MR) is 184 cm³/mol. The van der Waals surface area contributed by atoms with Gasteiger partial charge in [-0.3, -0.25) is 9.78 Å². The van der Waals surface area contributed by atoms with Crippen molar-refractivity contribution in [3.05, 3.63) is 155 Å². The first kappa shape index (κ1) is 33.1. The molecule has 6 rings (SSSR count). The summed E-state index contributed by atoms with van der Waals surface area (Å²) in [7, 11) is 0. The lowest BCUT2D eigenvalue weighted by molar-refractivity contribution is -0.268. The average Bonchev–Trinajstić information content (AvgIpc) is 3.14. The van der Waals surface area contributed by atoms with Gasteiger partial charge in [0.05, 0.1) is 29.9 Å². The van der Waals surface area contributed by atoms with Crippen LogP contribution in [0.2, 0.25) is 0 Å². The molecule has 3 N–H and O–H groups in total. The fourth-order valence-corrected chi connectivity index (χ4v) is 7.01. The Labute approximate surface area is 283 Å². The zero-order valence-electron chi connectivity index (χ0n) is 26.4. The number of aliphatic hydroxyl groups is 1. The molecule has 1 aliphatic heterocycles. The zero-order chi connectivity index (χ0) is 33.5. The number of aliphatic hydroxyl groups excluding tert-OH is 1. The van der Waals surface area contributed by atoms with E-state index in [1.165, 1.54) is 11.8 Å². The molecule has 0 radical (unpaired) electrons. The molecule has 0 bridgehead atoms. The maximum absolute atomic E-state index is 12.7. The highest BCUT2D eigenvalue weighted by molar-refractivity contribution is 7.99. The number of ether oxygens (including phenoxy) is 2. The first-order valence-corrected chi connectivity index (χ1v) is 16.7. The number of hydrogen-bond acceptors (Lipinski definition) is 7. The number of pyridine rings is 1. The second-order valence-electron chi connectivity index (χ2n) is 11.6. The van der Waals surface area contributed by atoms with Crippen LogP contribution < -0.4 is 5.32 Å². The molecule has 4 atom stereocenters. The standard InChI is InChI=1S/C39H36N2O6S/c1-25-34(24-48-35-11-5-4-10-33(35)38(44)45)46-39(47-36(25)28-14-12-26(23-42)13-15-28)29-18-16-27(17-19-29)32-9-3-2-7-30(32)22-41-37(43)31-8-6-20-40-21-31/h2-21,25,34,36,39,42H,22-24H2,1H3,(H,41,43)(H,44,45)/t25-,34+,36+,39+/m0/s1. The van der Waals surface area contributed by atoms with Gasteiger partial charge in [0.1, 0.15) is 0 Å². The third-order valence-corrected chi connectivity index (χ3v) is 9.68. The Morgan fingerprint density at radius 1 is 0.854 bits per heavy atom. The van der Waals surface area contributed by atoms with Crippen molar-refractivity contribution < 1.29 is 29.3 Å². The predicted octanol–water partition coefficient (Wildman–Crippen LogP) is 7.45. The van der Waals surface area contributed by atoms with Crippen LogP contribution in [0.25, 0.3) is 11.1 Å². The van der Waals surface area contributed by atoms with Gasteiger partial charge in [-0.05, 0) is 52.1 Å². The molecule has 1 saturated heterocycles. The number of rotatable bonds is 11. The van der Waals surface area contributed by atoms with Crippen molar-refractivity contribution in [1.82, 2.24) is 10.3 Å². The SMILES string of the molecule is C[C@H]1[C@@H](CSc2ccccc2C(=O)O)O[C@@H](c2ccc(-c3ccccc3CNC(=O)c3cccnc3)cc2)O[C@H]1c1ccc(CO)cc1. The number of amides is 1. The molecule has 1 amide bonds. The molecule has 1 aromatic heterocycles. The molecule has 9 heteroatoms. The van der Waals surface area contributed by atoms with Crippen molar-refractivity contribution in [3.8, 4) is 11.1 Å². The molecule has 1 aliphatic rings. The normalized spacial score (nSPS) is 19.0. The van der Waals surface area contributed by atoms with Crippen molar-refractivity contribution in [1.29, 1.82) is 0 Å². The maximum atomic E-state index is 12.7. The molecular formula is C39H36N2O6S. The number of carbonyl (C=O) groups excluding carboxylic acids is 1. The van der Waals surface area contributed by atoms with Crippen LogP contribution in [0, 0.1) is 5.92 Å². The van der Waals surface area contributed by atoms with Gasteiger partial charge >= 0.3 is 5.97 Å². The van der Waals surface area contributed by atoms with E-state index in [0.29, 0.717) is 22.8 Å². The van der Waals surface area contributed by atoms with Crippen molar-refractivity contribution in [2.75, 3.05) is 5.75 Å². The summed E-state index contributed by atoms with van der Waals surface area (Å²) >= 11 is 1.46. The molecular weight excluding hydrogens is 625 g/mol. The first-order valence-electron chi connectivity index (χ1n) is 15.7. The third-order valence-electron chi connectivity index (χ3n) is 8.52. The number of thioether (sulfide) groups is 1. The van der Waals surface area contributed by atoms with E-state index in [1.807, 2.05) is 84.9 Å². The van der Waals surface area contributed by atoms with Gasteiger partial charge in [-0.1, -0.05) is 91.9 Å². The number of hydrogen-bond donors (Lipinski definition) is 3. The van der Waals surface area contributed by atoms with Crippen molar-refractivity contribution >= 4 is 23.6 Å². The Balaban J connectivity index is 1.22. The summed E-state index contributed by atoms with van der Waals surface area (Å²) in [5.41, 5.74) is 6.39. The lowest BCUT2D eigenvalue weighted by Crippen LogP contribution is -2.38. The summed E-state index contributed by atoms with van der Waals surface area (Å²) in [6, 6.07) is 34.2. The average molecular weight is 661 g/mol. The molecule has 244 valence electrons. The quantitative estimate of drug-likeness (QED) is 0.125. The van der Waals surface area contributed by atoms with Gasteiger partial charge in [-0.25, -0.2) is 4.79 Å². The van der Waals surface area contributed by atoms with Crippen LogP contribution in [0.4, 0.5) is 0 Å². The van der Waals surface area contributed by atoms with E-state index in [-0.39, 0.29) is 36.2 Å². The fourth-order valence-electron chi connectivity index (χ4n) is 5.80. The van der Waals surface area contributed by atoms with Gasteiger partial charge in [0, 0.05) is 41.1 Å². The highest BCUT2D eigenvalue weighted by Crippen LogP contribution is 2.43. The highest BCUT2D eigenvalue weighted by atomic mass is 32.2. The van der Waals surface area contributed by atoms with Gasteiger partial charge in [-0.2, -0.15) is 0 Å². The van der Waals surface area contributed by atoms with E-state index in [0.717, 1.165) is 33.4 Å². The number of carbonyl (C=O) groups is 2. The van der Waals surface area contributed by atoms with Crippen LogP contribution in [-0.2, 0) is 22.6 Å². The minimum Gasteiger partial charge on any atom is -0.478 e. The molecule has 8 nitrogen and oxygen atoms in total. The number of aromatic carboxylic acids is 1. The van der Waals surface area contributed by atoms with E-state index in [1.54, 1.807) is 36.7 Å². The number of benzene rings is 4. The second-order valence-corrected chi connectivity index (χ2v) is 12.7. The van der Waals surface area contributed by atoms with Gasteiger partial charge in [0.2, 0.25) is 0 Å².